The van der Waals surface area contributed by atoms with E-state index in [1.807, 2.05) is 10.5 Å². The average molecular weight is 291 g/mol. The number of carbonyl (C=O) groups excluding carboxylic acids is 1. The maximum Gasteiger partial charge on any atom is 0.271 e. The van der Waals surface area contributed by atoms with Gasteiger partial charge in [0.05, 0.1) is 16.7 Å². The van der Waals surface area contributed by atoms with Crippen molar-refractivity contribution in [3.05, 3.63) is 35.4 Å². The van der Waals surface area contributed by atoms with E-state index < -0.39 is 0 Å². The molecule has 3 heterocycles. The Morgan fingerprint density at radius 1 is 1.45 bits per heavy atom. The van der Waals surface area contributed by atoms with Gasteiger partial charge in [-0.1, -0.05) is 11.6 Å². The van der Waals surface area contributed by atoms with Crippen LogP contribution in [0, 0.1) is 5.92 Å². The highest BCUT2D eigenvalue weighted by Crippen LogP contribution is 2.31. The van der Waals surface area contributed by atoms with Crippen molar-refractivity contribution in [2.45, 2.75) is 24.9 Å². The molecule has 0 spiro atoms. The summed E-state index contributed by atoms with van der Waals surface area (Å²) in [4.78, 5) is 16.5. The highest BCUT2D eigenvalue weighted by Gasteiger charge is 2.40. The van der Waals surface area contributed by atoms with E-state index in [9.17, 15) is 4.79 Å². The zero-order chi connectivity index (χ0) is 13.7. The fraction of sp³-hybridized carbons (Fsp3) is 0.429. The summed E-state index contributed by atoms with van der Waals surface area (Å²) in [5, 5.41) is 7.17. The molecule has 2 fully saturated rings. The maximum atomic E-state index is 12.3. The number of rotatable bonds is 2. The van der Waals surface area contributed by atoms with Gasteiger partial charge in [-0.25, -0.2) is 4.98 Å². The van der Waals surface area contributed by atoms with Crippen molar-refractivity contribution >= 4 is 23.0 Å². The standard InChI is InChI=1S/C14H15ClN4O/c15-9-3-10-5-17-13(7-19(10)6-9)14(20)18-12-2-8-1-11(12)16-4-8/h3,5-8,11-12,16H,1-2,4H2,(H,18,20). The normalized spacial score (nSPS) is 28.1. The molecule has 3 atom stereocenters. The number of nitrogens with zero attached hydrogens (tertiary/aromatic N) is 2. The van der Waals surface area contributed by atoms with E-state index in [0.29, 0.717) is 22.7 Å². The van der Waals surface area contributed by atoms with Crippen LogP contribution < -0.4 is 10.6 Å². The number of fused-ring (bicyclic) bond motifs is 3. The van der Waals surface area contributed by atoms with Gasteiger partial charge in [0.25, 0.3) is 5.91 Å². The van der Waals surface area contributed by atoms with Crippen molar-refractivity contribution in [2.75, 3.05) is 6.54 Å². The van der Waals surface area contributed by atoms with Crippen LogP contribution in [-0.4, -0.2) is 33.9 Å². The summed E-state index contributed by atoms with van der Waals surface area (Å²) in [6.07, 6.45) is 7.40. The van der Waals surface area contributed by atoms with Gasteiger partial charge >= 0.3 is 0 Å². The summed E-state index contributed by atoms with van der Waals surface area (Å²) in [6.45, 7) is 1.09. The molecule has 2 bridgehead atoms. The maximum absolute atomic E-state index is 12.3. The number of hydrogen-bond donors (Lipinski definition) is 2. The Morgan fingerprint density at radius 2 is 2.35 bits per heavy atom. The molecular formula is C14H15ClN4O. The van der Waals surface area contributed by atoms with Gasteiger partial charge in [-0.15, -0.1) is 0 Å². The minimum Gasteiger partial charge on any atom is -0.346 e. The van der Waals surface area contributed by atoms with Crippen molar-refractivity contribution in [3.63, 3.8) is 0 Å². The molecule has 6 heteroatoms. The number of nitrogens with one attached hydrogen (secondary N) is 2. The predicted octanol–water partition coefficient (Wildman–Crippen LogP) is 1.47. The van der Waals surface area contributed by atoms with Gasteiger partial charge in [0.2, 0.25) is 0 Å². The molecule has 1 aliphatic carbocycles. The zero-order valence-corrected chi connectivity index (χ0v) is 11.6. The summed E-state index contributed by atoms with van der Waals surface area (Å²) >= 11 is 5.94. The van der Waals surface area contributed by atoms with Gasteiger partial charge in [0.15, 0.2) is 0 Å². The Labute approximate surface area is 121 Å². The fourth-order valence-electron chi connectivity index (χ4n) is 3.35. The predicted molar refractivity (Wildman–Crippen MR) is 76.0 cm³/mol. The molecule has 2 aliphatic rings. The number of carbonyl (C=O) groups is 1. The first-order valence-electron chi connectivity index (χ1n) is 6.86. The molecule has 2 aromatic heterocycles. The largest absolute Gasteiger partial charge is 0.346 e. The lowest BCUT2D eigenvalue weighted by molar-refractivity contribution is 0.0923. The van der Waals surface area contributed by atoms with E-state index in [0.717, 1.165) is 18.5 Å². The fourth-order valence-corrected chi connectivity index (χ4v) is 3.57. The number of hydrogen-bond acceptors (Lipinski definition) is 3. The van der Waals surface area contributed by atoms with Crippen LogP contribution in [0.15, 0.2) is 24.7 Å². The van der Waals surface area contributed by atoms with Crippen molar-refractivity contribution in [3.8, 4) is 0 Å². The number of piperidine rings is 1. The molecule has 104 valence electrons. The third kappa shape index (κ3) is 1.98. The molecular weight excluding hydrogens is 276 g/mol. The van der Waals surface area contributed by atoms with Crippen LogP contribution in [0.25, 0.3) is 5.52 Å². The Balaban J connectivity index is 1.54. The lowest BCUT2D eigenvalue weighted by Gasteiger charge is -2.23. The summed E-state index contributed by atoms with van der Waals surface area (Å²) in [5.41, 5.74) is 1.31. The first-order chi connectivity index (χ1) is 9.69. The molecule has 20 heavy (non-hydrogen) atoms. The van der Waals surface area contributed by atoms with E-state index >= 15 is 0 Å². The van der Waals surface area contributed by atoms with Crippen LogP contribution >= 0.6 is 11.6 Å². The number of halogens is 1. The first-order valence-corrected chi connectivity index (χ1v) is 7.24. The first kappa shape index (κ1) is 12.2. The second kappa shape index (κ2) is 4.46. The molecule has 3 unspecified atom stereocenters. The monoisotopic (exact) mass is 290 g/mol. The molecule has 1 amide bonds. The summed E-state index contributed by atoms with van der Waals surface area (Å²) in [5.74, 6) is 0.597. The molecule has 1 aliphatic heterocycles. The minimum atomic E-state index is -0.115. The van der Waals surface area contributed by atoms with Crippen molar-refractivity contribution < 1.29 is 4.79 Å². The number of aromatic nitrogens is 2. The molecule has 0 radical (unpaired) electrons. The molecule has 2 aromatic rings. The third-order valence-electron chi connectivity index (χ3n) is 4.32. The van der Waals surface area contributed by atoms with Gasteiger partial charge in [-0.05, 0) is 31.4 Å². The quantitative estimate of drug-likeness (QED) is 0.880. The van der Waals surface area contributed by atoms with Crippen LogP contribution in [0.5, 0.6) is 0 Å². The third-order valence-corrected chi connectivity index (χ3v) is 4.53. The van der Waals surface area contributed by atoms with Crippen LogP contribution in [-0.2, 0) is 0 Å². The lowest BCUT2D eigenvalue weighted by atomic mass is 10.1. The molecule has 0 aromatic carbocycles. The van der Waals surface area contributed by atoms with E-state index in [1.54, 1.807) is 18.6 Å². The zero-order valence-electron chi connectivity index (χ0n) is 10.8. The average Bonchev–Trinajstić information content (AvgIpc) is 3.10. The molecule has 2 N–H and O–H groups in total. The molecule has 4 rings (SSSR count). The van der Waals surface area contributed by atoms with Crippen molar-refractivity contribution in [2.24, 2.45) is 5.92 Å². The Bertz CT molecular complexity index is 683. The number of amides is 1. The van der Waals surface area contributed by atoms with Gasteiger partial charge in [-0.3, -0.25) is 4.79 Å². The van der Waals surface area contributed by atoms with Crippen LogP contribution in [0.1, 0.15) is 23.3 Å². The van der Waals surface area contributed by atoms with E-state index in [-0.39, 0.29) is 11.9 Å². The highest BCUT2D eigenvalue weighted by molar-refractivity contribution is 6.31. The van der Waals surface area contributed by atoms with Gasteiger partial charge in [0.1, 0.15) is 5.69 Å². The van der Waals surface area contributed by atoms with Crippen LogP contribution in [0.4, 0.5) is 0 Å². The van der Waals surface area contributed by atoms with Gasteiger partial charge in [0, 0.05) is 24.5 Å². The second-order valence-corrected chi connectivity index (χ2v) is 6.13. The smallest absolute Gasteiger partial charge is 0.271 e. The molecule has 5 nitrogen and oxygen atoms in total. The van der Waals surface area contributed by atoms with Gasteiger partial charge < -0.3 is 15.0 Å². The summed E-state index contributed by atoms with van der Waals surface area (Å²) in [7, 11) is 0. The summed E-state index contributed by atoms with van der Waals surface area (Å²) in [6, 6.07) is 2.47. The molecule has 1 saturated carbocycles. The van der Waals surface area contributed by atoms with Crippen molar-refractivity contribution in [1.82, 2.24) is 20.0 Å². The topological polar surface area (TPSA) is 58.4 Å². The summed E-state index contributed by atoms with van der Waals surface area (Å²) < 4.78 is 1.82. The lowest BCUT2D eigenvalue weighted by Crippen LogP contribution is -2.48. The Morgan fingerprint density at radius 3 is 3.10 bits per heavy atom. The van der Waals surface area contributed by atoms with E-state index in [1.165, 1.54) is 6.42 Å². The Hall–Kier alpha value is -1.59. The minimum absolute atomic E-state index is 0.115. The second-order valence-electron chi connectivity index (χ2n) is 5.70. The SMILES string of the molecule is O=C(NC1CC2CNC1C2)c1cn2cc(Cl)cc2cn1. The van der Waals surface area contributed by atoms with Crippen LogP contribution in [0.3, 0.4) is 0 Å². The Kier molecular flexibility index (Phi) is 2.72. The van der Waals surface area contributed by atoms with Crippen molar-refractivity contribution in [1.29, 1.82) is 0 Å². The van der Waals surface area contributed by atoms with Crippen LogP contribution in [0.2, 0.25) is 5.02 Å². The highest BCUT2D eigenvalue weighted by atomic mass is 35.5. The van der Waals surface area contributed by atoms with E-state index in [4.69, 9.17) is 11.6 Å². The van der Waals surface area contributed by atoms with E-state index in [2.05, 4.69) is 15.6 Å². The molecule has 1 saturated heterocycles. The van der Waals surface area contributed by atoms with Gasteiger partial charge in [-0.2, -0.15) is 0 Å².